The van der Waals surface area contributed by atoms with E-state index in [9.17, 15) is 0 Å². The zero-order valence-electron chi connectivity index (χ0n) is 17.3. The minimum atomic E-state index is 0.339. The van der Waals surface area contributed by atoms with E-state index in [1.807, 2.05) is 24.3 Å². The summed E-state index contributed by atoms with van der Waals surface area (Å²) < 4.78 is 0. The van der Waals surface area contributed by atoms with E-state index in [2.05, 4.69) is 66.3 Å². The van der Waals surface area contributed by atoms with Crippen LogP contribution in [-0.4, -0.2) is 9.97 Å². The van der Waals surface area contributed by atoms with Crippen LogP contribution in [0, 0.1) is 0 Å². The van der Waals surface area contributed by atoms with Crippen LogP contribution in [0.4, 0.5) is 17.1 Å². The molecule has 5 rings (SSSR count). The number of rotatable bonds is 5. The largest absolute Gasteiger partial charge is 0.399 e. The molecule has 0 fully saturated rings. The van der Waals surface area contributed by atoms with Gasteiger partial charge in [-0.25, -0.2) is 9.97 Å². The molecule has 4 nitrogen and oxygen atoms in total. The van der Waals surface area contributed by atoms with Crippen LogP contribution in [0.1, 0.15) is 25.3 Å². The molecule has 0 saturated carbocycles. The van der Waals surface area contributed by atoms with Crippen LogP contribution in [0.5, 0.6) is 0 Å². The first-order chi connectivity index (χ1) is 15.1. The number of nitrogens with one attached hydrogen (secondary N) is 1. The van der Waals surface area contributed by atoms with Crippen LogP contribution in [0.15, 0.2) is 71.4 Å². The zero-order chi connectivity index (χ0) is 21.4. The van der Waals surface area contributed by atoms with E-state index in [1.54, 1.807) is 22.7 Å². The Morgan fingerprint density at radius 3 is 1.94 bits per heavy atom. The maximum Gasteiger partial charge on any atom is 0.113 e. The monoisotopic (exact) mass is 442 g/mol. The van der Waals surface area contributed by atoms with E-state index < -0.39 is 0 Å². The third-order valence-corrected chi connectivity index (χ3v) is 6.93. The molecule has 5 aromatic rings. The summed E-state index contributed by atoms with van der Waals surface area (Å²) in [5.41, 5.74) is 13.4. The molecule has 3 heterocycles. The normalized spacial score (nSPS) is 11.3. The summed E-state index contributed by atoms with van der Waals surface area (Å²) >= 11 is 3.38. The Labute approximate surface area is 189 Å². The van der Waals surface area contributed by atoms with Gasteiger partial charge in [-0.1, -0.05) is 32.0 Å². The summed E-state index contributed by atoms with van der Waals surface area (Å²) in [6.45, 7) is 4.39. The van der Waals surface area contributed by atoms with Gasteiger partial charge in [0.2, 0.25) is 0 Å². The number of nitrogens with zero attached hydrogens (tertiary/aromatic N) is 2. The number of anilines is 3. The first-order valence-electron chi connectivity index (χ1n) is 10.1. The second-order valence-corrected chi connectivity index (χ2v) is 9.57. The van der Waals surface area contributed by atoms with Crippen molar-refractivity contribution in [3.8, 4) is 21.1 Å². The predicted molar refractivity (Wildman–Crippen MR) is 134 cm³/mol. The maximum absolute atomic E-state index is 5.85. The van der Waals surface area contributed by atoms with Gasteiger partial charge in [0, 0.05) is 11.4 Å². The standard InChI is InChI=1S/C25H22N4S2/c1-15(2)18-11-12-19(27-17-9-7-16(26)8-10-17)23-22(18)28-24(20-5-3-13-30-20)25(29-23)21-6-4-14-31-21/h3-15,27H,26H2,1-2H3. The SMILES string of the molecule is CC(C)c1ccc(Nc2ccc(N)cc2)c2nc(-c3cccs3)c(-c3cccs3)nc12. The van der Waals surface area contributed by atoms with E-state index in [0.717, 1.165) is 49.2 Å². The number of fused-ring (bicyclic) bond motifs is 1. The Morgan fingerprint density at radius 1 is 0.774 bits per heavy atom. The third-order valence-electron chi connectivity index (χ3n) is 5.17. The van der Waals surface area contributed by atoms with Crippen molar-refractivity contribution in [1.29, 1.82) is 0 Å². The summed E-state index contributed by atoms with van der Waals surface area (Å²) in [6.07, 6.45) is 0. The first kappa shape index (κ1) is 19.7. The summed E-state index contributed by atoms with van der Waals surface area (Å²) in [5, 5.41) is 7.68. The smallest absolute Gasteiger partial charge is 0.113 e. The number of hydrogen-bond donors (Lipinski definition) is 2. The molecule has 0 aliphatic heterocycles. The molecule has 154 valence electrons. The van der Waals surface area contributed by atoms with Crippen molar-refractivity contribution in [2.24, 2.45) is 0 Å². The van der Waals surface area contributed by atoms with Crippen molar-refractivity contribution in [1.82, 2.24) is 9.97 Å². The Balaban J connectivity index is 1.77. The average Bonchev–Trinajstić information content (AvgIpc) is 3.49. The van der Waals surface area contributed by atoms with Crippen molar-refractivity contribution >= 4 is 50.8 Å². The van der Waals surface area contributed by atoms with Crippen LogP contribution in [0.3, 0.4) is 0 Å². The lowest BCUT2D eigenvalue weighted by molar-refractivity contribution is 0.872. The van der Waals surface area contributed by atoms with Gasteiger partial charge in [0.25, 0.3) is 0 Å². The molecule has 0 radical (unpaired) electrons. The highest BCUT2D eigenvalue weighted by Gasteiger charge is 2.19. The molecule has 0 saturated heterocycles. The average molecular weight is 443 g/mol. The number of nitrogens with two attached hydrogens (primary N) is 1. The van der Waals surface area contributed by atoms with E-state index in [0.29, 0.717) is 5.92 Å². The minimum absolute atomic E-state index is 0.339. The van der Waals surface area contributed by atoms with Crippen molar-refractivity contribution in [2.45, 2.75) is 19.8 Å². The molecular formula is C25H22N4S2. The number of thiophene rings is 2. The van der Waals surface area contributed by atoms with Gasteiger partial charge in [-0.15, -0.1) is 22.7 Å². The van der Waals surface area contributed by atoms with Crippen LogP contribution >= 0.6 is 22.7 Å². The molecule has 0 aliphatic rings. The molecule has 6 heteroatoms. The van der Waals surface area contributed by atoms with Crippen LogP contribution < -0.4 is 11.1 Å². The van der Waals surface area contributed by atoms with Gasteiger partial charge in [-0.3, -0.25) is 0 Å². The van der Waals surface area contributed by atoms with E-state index in [4.69, 9.17) is 15.7 Å². The van der Waals surface area contributed by atoms with Gasteiger partial charge >= 0.3 is 0 Å². The van der Waals surface area contributed by atoms with Gasteiger partial charge in [-0.2, -0.15) is 0 Å². The highest BCUT2D eigenvalue weighted by Crippen LogP contribution is 2.39. The molecule has 0 aliphatic carbocycles. The molecule has 0 amide bonds. The highest BCUT2D eigenvalue weighted by molar-refractivity contribution is 7.14. The molecule has 31 heavy (non-hydrogen) atoms. The Hall–Kier alpha value is -3.22. The van der Waals surface area contributed by atoms with E-state index in [-0.39, 0.29) is 0 Å². The van der Waals surface area contributed by atoms with Crippen LogP contribution in [0.2, 0.25) is 0 Å². The Morgan fingerprint density at radius 2 is 1.39 bits per heavy atom. The fourth-order valence-corrected chi connectivity index (χ4v) is 5.04. The molecule has 0 atom stereocenters. The summed E-state index contributed by atoms with van der Waals surface area (Å²) in [7, 11) is 0. The molecule has 0 spiro atoms. The predicted octanol–water partition coefficient (Wildman–Crippen LogP) is 7.54. The van der Waals surface area contributed by atoms with Gasteiger partial charge in [0.05, 0.1) is 21.0 Å². The second-order valence-electron chi connectivity index (χ2n) is 7.68. The molecule has 3 aromatic heterocycles. The summed E-state index contributed by atoms with van der Waals surface area (Å²) in [4.78, 5) is 12.6. The molecular weight excluding hydrogens is 420 g/mol. The van der Waals surface area contributed by atoms with Gasteiger partial charge in [0.1, 0.15) is 16.9 Å². The first-order valence-corrected chi connectivity index (χ1v) is 11.9. The molecule has 0 unspecified atom stereocenters. The van der Waals surface area contributed by atoms with Crippen molar-refractivity contribution < 1.29 is 0 Å². The van der Waals surface area contributed by atoms with Crippen LogP contribution in [0.25, 0.3) is 32.2 Å². The highest BCUT2D eigenvalue weighted by atomic mass is 32.1. The maximum atomic E-state index is 5.85. The quantitative estimate of drug-likeness (QED) is 0.276. The lowest BCUT2D eigenvalue weighted by Crippen LogP contribution is -2.02. The molecule has 2 aromatic carbocycles. The lowest BCUT2D eigenvalue weighted by atomic mass is 10.00. The molecule has 0 bridgehead atoms. The Bertz CT molecular complexity index is 1320. The fraction of sp³-hybridized carbons (Fsp3) is 0.120. The Kier molecular flexibility index (Phi) is 5.18. The van der Waals surface area contributed by atoms with Gasteiger partial charge in [-0.05, 0) is 64.7 Å². The summed E-state index contributed by atoms with van der Waals surface area (Å²) in [6, 6.07) is 20.3. The number of nitrogen functional groups attached to an aromatic ring is 1. The lowest BCUT2D eigenvalue weighted by Gasteiger charge is -2.16. The van der Waals surface area contributed by atoms with E-state index >= 15 is 0 Å². The van der Waals surface area contributed by atoms with Crippen molar-refractivity contribution in [3.05, 3.63) is 77.0 Å². The second kappa shape index (κ2) is 8.13. The third kappa shape index (κ3) is 3.80. The van der Waals surface area contributed by atoms with Gasteiger partial charge < -0.3 is 11.1 Å². The topological polar surface area (TPSA) is 63.8 Å². The van der Waals surface area contributed by atoms with Crippen LogP contribution in [-0.2, 0) is 0 Å². The van der Waals surface area contributed by atoms with E-state index in [1.165, 1.54) is 5.56 Å². The van der Waals surface area contributed by atoms with Crippen molar-refractivity contribution in [2.75, 3.05) is 11.1 Å². The van der Waals surface area contributed by atoms with Gasteiger partial charge in [0.15, 0.2) is 0 Å². The minimum Gasteiger partial charge on any atom is -0.399 e. The number of hydrogen-bond acceptors (Lipinski definition) is 6. The van der Waals surface area contributed by atoms with Crippen molar-refractivity contribution in [3.63, 3.8) is 0 Å². The number of aromatic nitrogens is 2. The number of benzene rings is 2. The molecule has 3 N–H and O–H groups in total. The zero-order valence-corrected chi connectivity index (χ0v) is 18.9. The summed E-state index contributed by atoms with van der Waals surface area (Å²) in [5.74, 6) is 0.339. The fourth-order valence-electron chi connectivity index (χ4n) is 3.61.